The fraction of sp³-hybridized carbons (Fsp3) is 0.480. The Balaban J connectivity index is 1.06. The Morgan fingerprint density at radius 1 is 1.17 bits per heavy atom. The Morgan fingerprint density at radius 2 is 1.97 bits per heavy atom. The summed E-state index contributed by atoms with van der Waals surface area (Å²) < 4.78 is 23.4. The van der Waals surface area contributed by atoms with Crippen LogP contribution >= 0.6 is 0 Å². The summed E-state index contributed by atoms with van der Waals surface area (Å²) in [4.78, 5) is 27.2. The molecule has 3 fully saturated rings. The van der Waals surface area contributed by atoms with Crippen molar-refractivity contribution < 1.29 is 13.9 Å². The van der Waals surface area contributed by atoms with E-state index in [0.29, 0.717) is 43.5 Å². The van der Waals surface area contributed by atoms with Crippen LogP contribution in [0.1, 0.15) is 38.5 Å². The number of imidazole rings is 1. The highest BCUT2D eigenvalue weighted by molar-refractivity contribution is 5.88. The lowest BCUT2D eigenvalue weighted by Crippen LogP contribution is -2.61. The van der Waals surface area contributed by atoms with Crippen LogP contribution in [0.2, 0.25) is 0 Å². The van der Waals surface area contributed by atoms with E-state index in [1.807, 2.05) is 29.1 Å². The largest absolute Gasteiger partial charge is 0.479 e. The molecule has 1 saturated heterocycles. The summed E-state index contributed by atoms with van der Waals surface area (Å²) in [5, 5.41) is 8.18. The van der Waals surface area contributed by atoms with E-state index in [0.717, 1.165) is 42.3 Å². The third-order valence-corrected chi connectivity index (χ3v) is 8.02. The molecular weight excluding hydrogens is 463 g/mol. The van der Waals surface area contributed by atoms with E-state index >= 15 is 0 Å². The second kappa shape index (κ2) is 7.62. The van der Waals surface area contributed by atoms with Gasteiger partial charge in [0.2, 0.25) is 17.6 Å². The van der Waals surface area contributed by atoms with E-state index in [-0.39, 0.29) is 17.4 Å². The van der Waals surface area contributed by atoms with Crippen molar-refractivity contribution in [3.8, 4) is 17.0 Å². The zero-order chi connectivity index (χ0) is 24.5. The highest BCUT2D eigenvalue weighted by Gasteiger charge is 2.57. The quantitative estimate of drug-likeness (QED) is 0.459. The van der Waals surface area contributed by atoms with Crippen molar-refractivity contribution >= 4 is 23.1 Å². The van der Waals surface area contributed by atoms with Gasteiger partial charge in [-0.3, -0.25) is 9.20 Å². The molecule has 11 heteroatoms. The minimum Gasteiger partial charge on any atom is -0.479 e. The van der Waals surface area contributed by atoms with Gasteiger partial charge in [0.15, 0.2) is 5.67 Å². The van der Waals surface area contributed by atoms with Crippen LogP contribution in [-0.4, -0.2) is 71.7 Å². The van der Waals surface area contributed by atoms with Crippen LogP contribution in [0.4, 0.5) is 10.3 Å². The number of hydrogen-bond acceptors (Lipinski definition) is 7. The molecule has 10 nitrogen and oxygen atoms in total. The van der Waals surface area contributed by atoms with Crippen LogP contribution in [0.3, 0.4) is 0 Å². The molecule has 0 unspecified atom stereocenters. The number of fused-ring (bicyclic) bond motifs is 2. The summed E-state index contributed by atoms with van der Waals surface area (Å²) in [6.45, 7) is 1.37. The number of amides is 1. The lowest BCUT2D eigenvalue weighted by atomic mass is 9.67. The van der Waals surface area contributed by atoms with Crippen molar-refractivity contribution in [2.24, 2.45) is 5.41 Å². The van der Waals surface area contributed by atoms with Crippen molar-refractivity contribution in [3.05, 3.63) is 37.1 Å². The first-order chi connectivity index (χ1) is 17.5. The normalized spacial score (nSPS) is 20.6. The molecule has 0 bridgehead atoms. The van der Waals surface area contributed by atoms with E-state index in [2.05, 4.69) is 20.3 Å². The molecule has 1 spiro atoms. The molecule has 1 amide bonds. The average molecular weight is 491 g/mol. The maximum Gasteiger partial charge on any atom is 0.260 e. The molecule has 2 aliphatic carbocycles. The third-order valence-electron chi connectivity index (χ3n) is 8.02. The van der Waals surface area contributed by atoms with Gasteiger partial charge in [0.1, 0.15) is 5.52 Å². The smallest absolute Gasteiger partial charge is 0.260 e. The van der Waals surface area contributed by atoms with E-state index in [9.17, 15) is 9.18 Å². The van der Waals surface area contributed by atoms with Gasteiger partial charge in [0, 0.05) is 66.7 Å². The Hall–Kier alpha value is -3.76. The Labute approximate surface area is 206 Å². The van der Waals surface area contributed by atoms with Crippen LogP contribution in [-0.2, 0) is 4.79 Å². The van der Waals surface area contributed by atoms with Crippen LogP contribution in [0.5, 0.6) is 5.88 Å². The van der Waals surface area contributed by atoms with Crippen LogP contribution < -0.4 is 10.1 Å². The van der Waals surface area contributed by atoms with Crippen molar-refractivity contribution in [1.29, 1.82) is 0 Å². The van der Waals surface area contributed by atoms with Gasteiger partial charge >= 0.3 is 0 Å². The van der Waals surface area contributed by atoms with Crippen LogP contribution in [0, 0.1) is 5.41 Å². The number of ether oxygens (including phenoxy) is 1. The fourth-order valence-corrected chi connectivity index (χ4v) is 5.77. The second-order valence-electron chi connectivity index (χ2n) is 10.5. The zero-order valence-corrected chi connectivity index (χ0v) is 20.0. The van der Waals surface area contributed by atoms with Gasteiger partial charge < -0.3 is 15.0 Å². The molecule has 4 aromatic heterocycles. The summed E-state index contributed by atoms with van der Waals surface area (Å²) in [5.41, 5.74) is 1.19. The van der Waals surface area contributed by atoms with Gasteiger partial charge in [0.25, 0.3) is 5.91 Å². The number of halogens is 1. The number of likely N-dealkylation sites (tertiary alicyclic amines) is 1. The SMILES string of the molecule is COc1nc(NC2CCC3(CC2)CN(C(=O)C2(F)CC2)C3)nn2ccc(-c3cnc4nccn4c3)c12. The fourth-order valence-electron chi connectivity index (χ4n) is 5.77. The third kappa shape index (κ3) is 3.40. The van der Waals surface area contributed by atoms with Crippen LogP contribution in [0.25, 0.3) is 22.4 Å². The summed E-state index contributed by atoms with van der Waals surface area (Å²) in [6, 6.07) is 2.22. The van der Waals surface area contributed by atoms with Crippen molar-refractivity contribution in [2.75, 3.05) is 25.5 Å². The number of nitrogens with one attached hydrogen (secondary N) is 1. The molecular formula is C25H27FN8O2. The summed E-state index contributed by atoms with van der Waals surface area (Å²) in [6.07, 6.45) is 13.9. The van der Waals surface area contributed by atoms with Gasteiger partial charge in [-0.15, -0.1) is 5.10 Å². The standard InChI is InChI=1S/C25H27FN8O2/c1-36-20-19-18(16-12-28-23-27-9-11-32(23)13-16)4-10-34(19)31-22(30-20)29-17-2-5-24(6-3-17)14-33(15-24)21(35)25(26)7-8-25/h4,9-13,17H,2-3,5-8,14-15H2,1H3,(H,29,31). The summed E-state index contributed by atoms with van der Waals surface area (Å²) in [7, 11) is 1.61. The Kier molecular flexibility index (Phi) is 4.55. The molecule has 36 heavy (non-hydrogen) atoms. The van der Waals surface area contributed by atoms with Gasteiger partial charge in [-0.1, -0.05) is 0 Å². The van der Waals surface area contributed by atoms with Gasteiger partial charge in [0.05, 0.1) is 7.11 Å². The Bertz CT molecular complexity index is 1480. The Morgan fingerprint density at radius 3 is 2.72 bits per heavy atom. The first-order valence-corrected chi connectivity index (χ1v) is 12.4. The minimum atomic E-state index is -1.56. The predicted octanol–water partition coefficient (Wildman–Crippen LogP) is 3.13. The van der Waals surface area contributed by atoms with E-state index in [1.54, 1.807) is 28.9 Å². The number of alkyl halides is 1. The summed E-state index contributed by atoms with van der Waals surface area (Å²) in [5.74, 6) is 1.35. The first-order valence-electron chi connectivity index (χ1n) is 12.4. The molecule has 4 aromatic rings. The van der Waals surface area contributed by atoms with Gasteiger partial charge in [-0.05, 0) is 44.6 Å². The predicted molar refractivity (Wildman–Crippen MR) is 129 cm³/mol. The summed E-state index contributed by atoms with van der Waals surface area (Å²) >= 11 is 0. The van der Waals surface area contributed by atoms with E-state index in [4.69, 9.17) is 9.84 Å². The number of hydrogen-bond donors (Lipinski definition) is 1. The molecule has 3 aliphatic rings. The second-order valence-corrected chi connectivity index (χ2v) is 10.5. The molecule has 0 aromatic carbocycles. The maximum absolute atomic E-state index is 14.1. The van der Waals surface area contributed by atoms with Crippen molar-refractivity contribution in [2.45, 2.75) is 50.2 Å². The number of anilines is 1. The molecule has 5 heterocycles. The molecule has 7 rings (SSSR count). The molecule has 1 N–H and O–H groups in total. The lowest BCUT2D eigenvalue weighted by molar-refractivity contribution is -0.152. The number of methoxy groups -OCH3 is 1. The lowest BCUT2D eigenvalue weighted by Gasteiger charge is -2.53. The van der Waals surface area contributed by atoms with Crippen molar-refractivity contribution in [3.63, 3.8) is 0 Å². The molecule has 0 atom stereocenters. The highest BCUT2D eigenvalue weighted by atomic mass is 19.1. The van der Waals surface area contributed by atoms with E-state index < -0.39 is 5.67 Å². The average Bonchev–Trinajstić information content (AvgIpc) is 3.27. The maximum atomic E-state index is 14.1. The zero-order valence-electron chi connectivity index (χ0n) is 20.0. The first kappa shape index (κ1) is 21.5. The number of aromatic nitrogens is 6. The molecule has 1 aliphatic heterocycles. The number of carbonyl (C=O) groups is 1. The monoisotopic (exact) mass is 490 g/mol. The minimum absolute atomic E-state index is 0.140. The van der Waals surface area contributed by atoms with Crippen LogP contribution in [0.15, 0.2) is 37.1 Å². The van der Waals surface area contributed by atoms with Gasteiger partial charge in [-0.25, -0.2) is 18.9 Å². The van der Waals surface area contributed by atoms with Gasteiger partial charge in [-0.2, -0.15) is 4.98 Å². The number of rotatable bonds is 5. The van der Waals surface area contributed by atoms with Crippen molar-refractivity contribution in [1.82, 2.24) is 33.9 Å². The highest BCUT2D eigenvalue weighted by Crippen LogP contribution is 2.48. The molecule has 2 saturated carbocycles. The number of nitrogens with zero attached hydrogens (tertiary/aromatic N) is 7. The number of carbonyl (C=O) groups excluding carboxylic acids is 1. The van der Waals surface area contributed by atoms with E-state index in [1.165, 1.54) is 0 Å². The molecule has 0 radical (unpaired) electrons. The molecule has 186 valence electrons. The topological polar surface area (TPSA) is 102 Å².